The van der Waals surface area contributed by atoms with E-state index in [0.29, 0.717) is 18.4 Å². The SMILES string of the molecule is COC12CCC(c3ccc(CC(=O)NCCCCN)cc3)(CC1)CC2. The summed E-state index contributed by atoms with van der Waals surface area (Å²) >= 11 is 0. The summed E-state index contributed by atoms with van der Waals surface area (Å²) in [5, 5.41) is 2.97. The van der Waals surface area contributed by atoms with Gasteiger partial charge >= 0.3 is 0 Å². The number of carbonyl (C=O) groups excluding carboxylic acids is 1. The largest absolute Gasteiger partial charge is 0.378 e. The van der Waals surface area contributed by atoms with Gasteiger partial charge in [0.25, 0.3) is 0 Å². The molecule has 1 amide bonds. The predicted octanol–water partition coefficient (Wildman–Crippen LogP) is 3.08. The Labute approximate surface area is 151 Å². The van der Waals surface area contributed by atoms with E-state index in [1.165, 1.54) is 44.1 Å². The molecule has 3 N–H and O–H groups in total. The van der Waals surface area contributed by atoms with Crippen molar-refractivity contribution in [2.45, 2.75) is 68.8 Å². The number of benzene rings is 1. The molecule has 0 aliphatic heterocycles. The van der Waals surface area contributed by atoms with Gasteiger partial charge < -0.3 is 15.8 Å². The zero-order valence-electron chi connectivity index (χ0n) is 15.5. The first-order chi connectivity index (χ1) is 12.1. The number of carbonyl (C=O) groups is 1. The third-order valence-corrected chi connectivity index (χ3v) is 6.49. The third kappa shape index (κ3) is 4.06. The van der Waals surface area contributed by atoms with Gasteiger partial charge in [-0.25, -0.2) is 0 Å². The molecule has 3 saturated carbocycles. The van der Waals surface area contributed by atoms with E-state index in [-0.39, 0.29) is 11.5 Å². The lowest BCUT2D eigenvalue weighted by Crippen LogP contribution is -2.49. The molecule has 0 aromatic heterocycles. The predicted molar refractivity (Wildman–Crippen MR) is 101 cm³/mol. The number of hydrogen-bond donors (Lipinski definition) is 2. The molecule has 0 spiro atoms. The fourth-order valence-electron chi connectivity index (χ4n) is 4.61. The van der Waals surface area contributed by atoms with Crippen molar-refractivity contribution in [1.82, 2.24) is 5.32 Å². The maximum atomic E-state index is 12.0. The minimum atomic E-state index is 0.100. The summed E-state index contributed by atoms with van der Waals surface area (Å²) in [6, 6.07) is 8.77. The van der Waals surface area contributed by atoms with Crippen molar-refractivity contribution in [3.63, 3.8) is 0 Å². The van der Waals surface area contributed by atoms with Gasteiger partial charge in [0.15, 0.2) is 0 Å². The van der Waals surface area contributed by atoms with Crippen LogP contribution in [0.15, 0.2) is 24.3 Å². The summed E-state index contributed by atoms with van der Waals surface area (Å²) in [4.78, 5) is 12.0. The lowest BCUT2D eigenvalue weighted by molar-refractivity contribution is -0.120. The smallest absolute Gasteiger partial charge is 0.224 e. The molecule has 4 heteroatoms. The van der Waals surface area contributed by atoms with Crippen LogP contribution < -0.4 is 11.1 Å². The van der Waals surface area contributed by atoms with E-state index >= 15 is 0 Å². The van der Waals surface area contributed by atoms with Crippen LogP contribution in [-0.2, 0) is 21.4 Å². The summed E-state index contributed by atoms with van der Waals surface area (Å²) in [6.45, 7) is 1.41. The molecule has 1 aromatic rings. The maximum Gasteiger partial charge on any atom is 0.224 e. The van der Waals surface area contributed by atoms with Gasteiger partial charge in [0, 0.05) is 13.7 Å². The van der Waals surface area contributed by atoms with Crippen LogP contribution in [-0.4, -0.2) is 31.7 Å². The second kappa shape index (κ2) is 7.88. The van der Waals surface area contributed by atoms with Crippen molar-refractivity contribution in [1.29, 1.82) is 0 Å². The molecule has 138 valence electrons. The first-order valence-corrected chi connectivity index (χ1v) is 9.73. The average Bonchev–Trinajstić information content (AvgIpc) is 2.67. The number of amides is 1. The first kappa shape index (κ1) is 18.4. The van der Waals surface area contributed by atoms with E-state index in [1.807, 2.05) is 7.11 Å². The Bertz CT molecular complexity index is 558. The Kier molecular flexibility index (Phi) is 5.80. The lowest BCUT2D eigenvalue weighted by Gasteiger charge is -2.53. The Hall–Kier alpha value is -1.39. The third-order valence-electron chi connectivity index (χ3n) is 6.49. The molecule has 4 nitrogen and oxygen atoms in total. The number of ether oxygens (including phenoxy) is 1. The van der Waals surface area contributed by atoms with Crippen molar-refractivity contribution in [3.05, 3.63) is 35.4 Å². The molecule has 25 heavy (non-hydrogen) atoms. The highest BCUT2D eigenvalue weighted by Crippen LogP contribution is 2.54. The van der Waals surface area contributed by atoms with Gasteiger partial charge in [-0.3, -0.25) is 4.79 Å². The van der Waals surface area contributed by atoms with Gasteiger partial charge in [-0.15, -0.1) is 0 Å². The second-order valence-electron chi connectivity index (χ2n) is 7.89. The van der Waals surface area contributed by atoms with Gasteiger partial charge in [0.05, 0.1) is 12.0 Å². The summed E-state index contributed by atoms with van der Waals surface area (Å²) in [5.74, 6) is 0.100. The molecule has 0 unspecified atom stereocenters. The van der Waals surface area contributed by atoms with Crippen LogP contribution >= 0.6 is 0 Å². The quantitative estimate of drug-likeness (QED) is 0.712. The van der Waals surface area contributed by atoms with Crippen LogP contribution in [0.2, 0.25) is 0 Å². The number of methoxy groups -OCH3 is 1. The second-order valence-corrected chi connectivity index (χ2v) is 7.89. The Balaban J connectivity index is 1.55. The van der Waals surface area contributed by atoms with Crippen molar-refractivity contribution in [3.8, 4) is 0 Å². The molecule has 3 aliphatic rings. The van der Waals surface area contributed by atoms with Gasteiger partial charge in [-0.2, -0.15) is 0 Å². The van der Waals surface area contributed by atoms with Crippen LogP contribution in [0.3, 0.4) is 0 Å². The Morgan fingerprint density at radius 2 is 1.72 bits per heavy atom. The fraction of sp³-hybridized carbons (Fsp3) is 0.667. The van der Waals surface area contributed by atoms with E-state index < -0.39 is 0 Å². The Morgan fingerprint density at radius 1 is 1.08 bits per heavy atom. The lowest BCUT2D eigenvalue weighted by atomic mass is 9.56. The molecule has 0 atom stereocenters. The standard InChI is InChI=1S/C21H32N2O2/c1-25-21-11-8-20(9-12-21,10-13-21)18-6-4-17(5-7-18)16-19(24)23-15-3-2-14-22/h4-7H,2-3,8-16,22H2,1H3,(H,23,24). The maximum absolute atomic E-state index is 12.0. The molecular weight excluding hydrogens is 312 g/mol. The van der Waals surface area contributed by atoms with Gasteiger partial charge in [0.2, 0.25) is 5.91 Å². The van der Waals surface area contributed by atoms with Crippen LogP contribution in [0.5, 0.6) is 0 Å². The van der Waals surface area contributed by atoms with E-state index in [1.54, 1.807) is 0 Å². The van der Waals surface area contributed by atoms with Crippen LogP contribution in [0, 0.1) is 0 Å². The molecule has 3 fully saturated rings. The number of rotatable bonds is 8. The summed E-state index contributed by atoms with van der Waals surface area (Å²) in [5.41, 5.74) is 8.50. The van der Waals surface area contributed by atoms with E-state index in [9.17, 15) is 4.79 Å². The highest BCUT2D eigenvalue weighted by molar-refractivity contribution is 5.78. The van der Waals surface area contributed by atoms with E-state index in [2.05, 4.69) is 29.6 Å². The highest BCUT2D eigenvalue weighted by Gasteiger charge is 2.49. The number of fused-ring (bicyclic) bond motifs is 3. The molecule has 2 bridgehead atoms. The molecule has 4 rings (SSSR count). The van der Waals surface area contributed by atoms with Crippen molar-refractivity contribution in [2.75, 3.05) is 20.2 Å². The highest BCUT2D eigenvalue weighted by atomic mass is 16.5. The van der Waals surface area contributed by atoms with Gasteiger partial charge in [0.1, 0.15) is 0 Å². The fourth-order valence-corrected chi connectivity index (χ4v) is 4.61. The van der Waals surface area contributed by atoms with Crippen molar-refractivity contribution >= 4 is 5.91 Å². The molecule has 0 radical (unpaired) electrons. The molecule has 0 saturated heterocycles. The normalized spacial score (nSPS) is 28.1. The minimum Gasteiger partial charge on any atom is -0.378 e. The number of nitrogens with two attached hydrogens (primary N) is 1. The topological polar surface area (TPSA) is 64.3 Å². The van der Waals surface area contributed by atoms with Gasteiger partial charge in [-0.05, 0) is 74.5 Å². The summed E-state index contributed by atoms with van der Waals surface area (Å²) in [7, 11) is 1.87. The van der Waals surface area contributed by atoms with Crippen molar-refractivity contribution < 1.29 is 9.53 Å². The summed E-state index contributed by atoms with van der Waals surface area (Å²) < 4.78 is 5.81. The van der Waals surface area contributed by atoms with Crippen LogP contribution in [0.1, 0.15) is 62.5 Å². The van der Waals surface area contributed by atoms with Crippen LogP contribution in [0.4, 0.5) is 0 Å². The number of unbranched alkanes of at least 4 members (excludes halogenated alkanes) is 1. The number of hydrogen-bond acceptors (Lipinski definition) is 3. The first-order valence-electron chi connectivity index (χ1n) is 9.73. The zero-order valence-corrected chi connectivity index (χ0v) is 15.5. The van der Waals surface area contributed by atoms with E-state index in [4.69, 9.17) is 10.5 Å². The average molecular weight is 344 g/mol. The molecule has 0 heterocycles. The van der Waals surface area contributed by atoms with Crippen molar-refractivity contribution in [2.24, 2.45) is 5.73 Å². The minimum absolute atomic E-state index is 0.100. The van der Waals surface area contributed by atoms with E-state index in [0.717, 1.165) is 24.9 Å². The number of nitrogens with one attached hydrogen (secondary N) is 1. The Morgan fingerprint density at radius 3 is 2.28 bits per heavy atom. The monoisotopic (exact) mass is 344 g/mol. The molecular formula is C21H32N2O2. The van der Waals surface area contributed by atoms with Gasteiger partial charge in [-0.1, -0.05) is 24.3 Å². The van der Waals surface area contributed by atoms with Crippen LogP contribution in [0.25, 0.3) is 0 Å². The zero-order chi connectivity index (χ0) is 17.8. The molecule has 1 aromatic carbocycles. The summed E-state index contributed by atoms with van der Waals surface area (Å²) in [6.07, 6.45) is 9.57. The molecule has 3 aliphatic carbocycles.